The number of benzene rings is 2. The third-order valence-electron chi connectivity index (χ3n) is 5.43. The summed E-state index contributed by atoms with van der Waals surface area (Å²) in [5.41, 5.74) is 1.79. The number of halogens is 2. The maximum absolute atomic E-state index is 14.7. The molecule has 27 heavy (non-hydrogen) atoms. The minimum atomic E-state index is -0.467. The van der Waals surface area contributed by atoms with E-state index in [0.717, 1.165) is 29.7 Å². The van der Waals surface area contributed by atoms with Gasteiger partial charge in [-0.1, -0.05) is 18.2 Å². The van der Waals surface area contributed by atoms with Crippen molar-refractivity contribution in [3.8, 4) is 16.9 Å². The van der Waals surface area contributed by atoms with Gasteiger partial charge < -0.3 is 15.0 Å². The zero-order valence-corrected chi connectivity index (χ0v) is 16.1. The number of amides is 1. The summed E-state index contributed by atoms with van der Waals surface area (Å²) in [5.74, 6) is 0.0777. The molecule has 2 aliphatic rings. The minimum Gasteiger partial charge on any atom is -0.497 e. The van der Waals surface area contributed by atoms with Crippen molar-refractivity contribution in [2.75, 3.05) is 20.2 Å². The Bertz CT molecular complexity index is 812. The summed E-state index contributed by atoms with van der Waals surface area (Å²) >= 11 is 0. The fourth-order valence-electron chi connectivity index (χ4n) is 3.95. The van der Waals surface area contributed by atoms with Crippen molar-refractivity contribution < 1.29 is 13.9 Å². The Kier molecular flexibility index (Phi) is 6.02. The van der Waals surface area contributed by atoms with E-state index >= 15 is 0 Å². The molecule has 4 nitrogen and oxygen atoms in total. The number of nitrogens with one attached hydrogen (secondary N) is 1. The quantitative estimate of drug-likeness (QED) is 0.864. The van der Waals surface area contributed by atoms with E-state index in [9.17, 15) is 9.18 Å². The normalized spacial score (nSPS) is 21.3. The molecule has 0 spiro atoms. The van der Waals surface area contributed by atoms with E-state index in [2.05, 4.69) is 5.32 Å². The lowest BCUT2D eigenvalue weighted by molar-refractivity contribution is 0.0743. The molecule has 2 aromatic carbocycles. The number of likely N-dealkylation sites (tertiary alicyclic amines) is 1. The molecule has 2 unspecified atom stereocenters. The van der Waals surface area contributed by atoms with Crippen molar-refractivity contribution in [1.82, 2.24) is 10.2 Å². The Hall–Kier alpha value is -2.11. The number of rotatable bonds is 3. The number of carbonyl (C=O) groups is 1. The predicted octanol–water partition coefficient (Wildman–Crippen LogP) is 3.89. The topological polar surface area (TPSA) is 41.6 Å². The van der Waals surface area contributed by atoms with Crippen molar-refractivity contribution in [3.05, 3.63) is 53.8 Å². The Balaban J connectivity index is 0.00000210. The number of nitrogens with zero attached hydrogens (tertiary/aromatic N) is 1. The van der Waals surface area contributed by atoms with Gasteiger partial charge in [0.05, 0.1) is 12.7 Å². The van der Waals surface area contributed by atoms with E-state index in [4.69, 9.17) is 4.74 Å². The highest BCUT2D eigenvalue weighted by Crippen LogP contribution is 2.26. The average molecular weight is 391 g/mol. The molecular weight excluding hydrogens is 367 g/mol. The standard InChI is InChI=1S/C21H23FN2O2.ClH/c1-26-18-7-2-14(3-8-18)15-4-9-19(20(22)12-15)21(25)24-11-10-16-5-6-17(13-24)23-16;/h2-4,7-9,12,16-17,23H,5-6,10-11,13H2,1H3;1H. The smallest absolute Gasteiger partial charge is 0.256 e. The van der Waals surface area contributed by atoms with Crippen LogP contribution in [0.25, 0.3) is 11.1 Å². The largest absolute Gasteiger partial charge is 0.497 e. The van der Waals surface area contributed by atoms with Crippen LogP contribution in [0.15, 0.2) is 42.5 Å². The van der Waals surface area contributed by atoms with Crippen LogP contribution in [0, 0.1) is 5.82 Å². The van der Waals surface area contributed by atoms with Gasteiger partial charge in [0.15, 0.2) is 0 Å². The Morgan fingerprint density at radius 1 is 1.07 bits per heavy atom. The molecule has 1 amide bonds. The number of ether oxygens (including phenoxy) is 1. The Labute approximate surface area is 165 Å². The van der Waals surface area contributed by atoms with Crippen LogP contribution in [-0.2, 0) is 0 Å². The summed E-state index contributed by atoms with van der Waals surface area (Å²) in [6.45, 7) is 1.35. The van der Waals surface area contributed by atoms with E-state index in [1.165, 1.54) is 12.5 Å². The fraction of sp³-hybridized carbons (Fsp3) is 0.381. The highest BCUT2D eigenvalue weighted by Gasteiger charge is 2.32. The predicted molar refractivity (Wildman–Crippen MR) is 106 cm³/mol. The van der Waals surface area contributed by atoms with Gasteiger partial charge in [0.2, 0.25) is 0 Å². The molecule has 2 saturated heterocycles. The van der Waals surface area contributed by atoms with Crippen molar-refractivity contribution in [1.29, 1.82) is 0 Å². The second-order valence-electron chi connectivity index (χ2n) is 7.10. The third kappa shape index (κ3) is 4.09. The fourth-order valence-corrected chi connectivity index (χ4v) is 3.95. The van der Waals surface area contributed by atoms with Crippen molar-refractivity contribution in [3.63, 3.8) is 0 Å². The molecule has 2 bridgehead atoms. The lowest BCUT2D eigenvalue weighted by Crippen LogP contribution is -2.39. The molecule has 1 N–H and O–H groups in total. The number of carbonyl (C=O) groups excluding carboxylic acids is 1. The molecule has 2 atom stereocenters. The SMILES string of the molecule is COc1ccc(-c2ccc(C(=O)N3CCC4CCC(C3)N4)c(F)c2)cc1.Cl. The van der Waals surface area contributed by atoms with Crippen LogP contribution in [-0.4, -0.2) is 43.1 Å². The molecule has 2 heterocycles. The monoisotopic (exact) mass is 390 g/mol. The number of fused-ring (bicyclic) bond motifs is 2. The van der Waals surface area contributed by atoms with Crippen LogP contribution in [0.2, 0.25) is 0 Å². The summed E-state index contributed by atoms with van der Waals surface area (Å²) in [7, 11) is 1.61. The Morgan fingerprint density at radius 2 is 1.78 bits per heavy atom. The van der Waals surface area contributed by atoms with Crippen LogP contribution < -0.4 is 10.1 Å². The van der Waals surface area contributed by atoms with Gasteiger partial charge in [-0.15, -0.1) is 12.4 Å². The maximum atomic E-state index is 14.7. The van der Waals surface area contributed by atoms with Gasteiger partial charge in [-0.3, -0.25) is 4.79 Å². The van der Waals surface area contributed by atoms with E-state index < -0.39 is 5.82 Å². The average Bonchev–Trinajstić information content (AvgIpc) is 3.00. The van der Waals surface area contributed by atoms with Gasteiger partial charge in [0.1, 0.15) is 11.6 Å². The van der Waals surface area contributed by atoms with E-state index in [-0.39, 0.29) is 23.9 Å². The first kappa shape index (κ1) is 19.6. The maximum Gasteiger partial charge on any atom is 0.256 e. The zero-order chi connectivity index (χ0) is 18.1. The highest BCUT2D eigenvalue weighted by molar-refractivity contribution is 5.95. The van der Waals surface area contributed by atoms with Crippen LogP contribution in [0.4, 0.5) is 4.39 Å². The molecule has 2 aliphatic heterocycles. The lowest BCUT2D eigenvalue weighted by Gasteiger charge is -2.24. The van der Waals surface area contributed by atoms with E-state index in [0.29, 0.717) is 25.2 Å². The molecule has 0 aliphatic carbocycles. The second-order valence-corrected chi connectivity index (χ2v) is 7.10. The van der Waals surface area contributed by atoms with Gasteiger partial charge in [0, 0.05) is 25.2 Å². The molecule has 0 aromatic heterocycles. The summed E-state index contributed by atoms with van der Waals surface area (Å²) in [6.07, 6.45) is 3.21. The van der Waals surface area contributed by atoms with Crippen molar-refractivity contribution in [2.24, 2.45) is 0 Å². The summed E-state index contributed by atoms with van der Waals surface area (Å²) in [6, 6.07) is 13.1. The van der Waals surface area contributed by atoms with E-state index in [1.54, 1.807) is 24.1 Å². The number of methoxy groups -OCH3 is 1. The highest BCUT2D eigenvalue weighted by atomic mass is 35.5. The van der Waals surface area contributed by atoms with Crippen molar-refractivity contribution >= 4 is 18.3 Å². The van der Waals surface area contributed by atoms with Gasteiger partial charge >= 0.3 is 0 Å². The summed E-state index contributed by atoms with van der Waals surface area (Å²) in [5, 5.41) is 3.55. The van der Waals surface area contributed by atoms with Crippen LogP contribution in [0.3, 0.4) is 0 Å². The molecule has 2 aromatic rings. The van der Waals surface area contributed by atoms with Crippen molar-refractivity contribution in [2.45, 2.75) is 31.3 Å². The molecule has 4 rings (SSSR count). The lowest BCUT2D eigenvalue weighted by atomic mass is 10.0. The summed E-state index contributed by atoms with van der Waals surface area (Å²) < 4.78 is 19.8. The molecular formula is C21H24ClFN2O2. The number of hydrogen-bond acceptors (Lipinski definition) is 3. The molecule has 0 saturated carbocycles. The molecule has 0 radical (unpaired) electrons. The van der Waals surface area contributed by atoms with Gasteiger partial charge in [-0.2, -0.15) is 0 Å². The van der Waals surface area contributed by atoms with Crippen LogP contribution in [0.5, 0.6) is 5.75 Å². The molecule has 2 fully saturated rings. The second kappa shape index (κ2) is 8.28. The zero-order valence-electron chi connectivity index (χ0n) is 15.3. The molecule has 144 valence electrons. The summed E-state index contributed by atoms with van der Waals surface area (Å²) in [4.78, 5) is 14.6. The first-order valence-corrected chi connectivity index (χ1v) is 9.13. The Morgan fingerprint density at radius 3 is 2.48 bits per heavy atom. The number of hydrogen-bond donors (Lipinski definition) is 1. The van der Waals surface area contributed by atoms with Crippen LogP contribution >= 0.6 is 12.4 Å². The van der Waals surface area contributed by atoms with Gasteiger partial charge in [-0.25, -0.2) is 4.39 Å². The van der Waals surface area contributed by atoms with Gasteiger partial charge in [-0.05, 0) is 54.7 Å². The first-order chi connectivity index (χ1) is 12.6. The molecule has 6 heteroatoms. The van der Waals surface area contributed by atoms with Gasteiger partial charge in [0.25, 0.3) is 5.91 Å². The third-order valence-corrected chi connectivity index (χ3v) is 5.43. The van der Waals surface area contributed by atoms with Crippen LogP contribution in [0.1, 0.15) is 29.6 Å². The van der Waals surface area contributed by atoms with E-state index in [1.807, 2.05) is 24.3 Å². The first-order valence-electron chi connectivity index (χ1n) is 9.13. The minimum absolute atomic E-state index is 0.